The van der Waals surface area contributed by atoms with Gasteiger partial charge in [0.05, 0.1) is 0 Å². The van der Waals surface area contributed by atoms with Gasteiger partial charge >= 0.3 is 6.03 Å². The van der Waals surface area contributed by atoms with E-state index >= 15 is 0 Å². The molecule has 106 valence electrons. The Bertz CT molecular complexity index is 440. The fraction of sp³-hybridized carbons (Fsp3) is 0.538. The van der Waals surface area contributed by atoms with Crippen LogP contribution in [0.3, 0.4) is 0 Å². The first-order chi connectivity index (χ1) is 8.88. The van der Waals surface area contributed by atoms with Gasteiger partial charge in [0.15, 0.2) is 0 Å². The summed E-state index contributed by atoms with van der Waals surface area (Å²) in [4.78, 5) is 22.4. The van der Waals surface area contributed by atoms with Crippen LogP contribution in [0, 0.1) is 6.92 Å². The molecular weight excluding hydrogens is 246 g/mol. The number of carbonyl (C=O) groups excluding carboxylic acids is 2. The largest absolute Gasteiger partial charge is 0.466 e. The zero-order valence-electron chi connectivity index (χ0n) is 11.8. The number of amides is 3. The lowest BCUT2D eigenvalue weighted by atomic mass is 9.98. The van der Waals surface area contributed by atoms with Gasteiger partial charge in [-0.25, -0.2) is 10.2 Å². The van der Waals surface area contributed by atoms with Gasteiger partial charge in [-0.05, 0) is 39.3 Å². The van der Waals surface area contributed by atoms with Crippen LogP contribution in [-0.4, -0.2) is 30.0 Å². The minimum Gasteiger partial charge on any atom is -0.466 e. The summed E-state index contributed by atoms with van der Waals surface area (Å²) >= 11 is 0. The van der Waals surface area contributed by atoms with Crippen LogP contribution in [0.5, 0.6) is 0 Å². The maximum atomic E-state index is 11.7. The average molecular weight is 267 g/mol. The molecule has 0 aliphatic carbocycles. The van der Waals surface area contributed by atoms with E-state index in [0.29, 0.717) is 12.8 Å². The van der Waals surface area contributed by atoms with Gasteiger partial charge in [-0.1, -0.05) is 0 Å². The van der Waals surface area contributed by atoms with Crippen molar-refractivity contribution in [3.8, 4) is 0 Å². The third-order valence-corrected chi connectivity index (χ3v) is 2.80. The Kier molecular flexibility index (Phi) is 5.11. The molecule has 0 radical (unpaired) electrons. The van der Waals surface area contributed by atoms with E-state index in [0.717, 1.165) is 23.0 Å². The van der Waals surface area contributed by atoms with Crippen molar-refractivity contribution < 1.29 is 14.0 Å². The van der Waals surface area contributed by atoms with Gasteiger partial charge in [0.25, 0.3) is 0 Å². The number of imide groups is 1. The lowest BCUT2D eigenvalue weighted by molar-refractivity contribution is -0.117. The number of nitrogens with zero attached hydrogens (tertiary/aromatic N) is 1. The Labute approximate surface area is 113 Å². The van der Waals surface area contributed by atoms with E-state index in [-0.39, 0.29) is 0 Å². The fourth-order valence-electron chi connectivity index (χ4n) is 1.67. The molecule has 1 aromatic rings. The molecule has 1 heterocycles. The maximum Gasteiger partial charge on any atom is 0.339 e. The number of rotatable bonds is 6. The molecule has 0 aliphatic heterocycles. The number of aryl methyl sites for hydroxylation is 2. The average Bonchev–Trinajstić information content (AvgIpc) is 2.74. The molecule has 0 spiro atoms. The molecule has 3 amide bonds. The summed E-state index contributed by atoms with van der Waals surface area (Å²) in [5.41, 5.74) is 2.05. The van der Waals surface area contributed by atoms with E-state index in [1.165, 1.54) is 7.05 Å². The Morgan fingerprint density at radius 1 is 1.47 bits per heavy atom. The van der Waals surface area contributed by atoms with Crippen LogP contribution in [0.25, 0.3) is 0 Å². The Morgan fingerprint density at radius 3 is 2.63 bits per heavy atom. The van der Waals surface area contributed by atoms with Crippen molar-refractivity contribution in [2.75, 3.05) is 7.05 Å². The number of carbonyl (C=O) groups is 2. The lowest BCUT2D eigenvalue weighted by Crippen LogP contribution is -2.53. The van der Waals surface area contributed by atoms with Gasteiger partial charge in [-0.15, -0.1) is 0 Å². The highest BCUT2D eigenvalue weighted by atomic mass is 16.3. The van der Waals surface area contributed by atoms with Gasteiger partial charge < -0.3 is 9.73 Å². The molecule has 19 heavy (non-hydrogen) atoms. The van der Waals surface area contributed by atoms with Crippen LogP contribution >= 0.6 is 0 Å². The summed E-state index contributed by atoms with van der Waals surface area (Å²) in [6.45, 7) is 5.70. The summed E-state index contributed by atoms with van der Waals surface area (Å²) in [6, 6.07) is 3.37. The molecule has 0 unspecified atom stereocenters. The van der Waals surface area contributed by atoms with Crippen molar-refractivity contribution in [3.05, 3.63) is 23.7 Å². The van der Waals surface area contributed by atoms with Crippen LogP contribution < -0.4 is 10.7 Å². The number of hydrogen-bond acceptors (Lipinski definition) is 4. The van der Waals surface area contributed by atoms with Gasteiger partial charge in [0.1, 0.15) is 11.5 Å². The number of urea groups is 1. The molecule has 0 aliphatic rings. The number of furan rings is 1. The second kappa shape index (κ2) is 6.38. The normalized spacial score (nSPS) is 11.2. The molecule has 0 saturated heterocycles. The fourth-order valence-corrected chi connectivity index (χ4v) is 1.67. The van der Waals surface area contributed by atoms with Gasteiger partial charge in [-0.3, -0.25) is 4.79 Å². The summed E-state index contributed by atoms with van der Waals surface area (Å²) in [6.07, 6.45) is 1.87. The summed E-state index contributed by atoms with van der Waals surface area (Å²) in [5, 5.41) is 3.65. The van der Waals surface area contributed by atoms with Crippen LogP contribution in [0.1, 0.15) is 31.8 Å². The molecule has 6 nitrogen and oxygen atoms in total. The van der Waals surface area contributed by atoms with Crippen molar-refractivity contribution in [3.63, 3.8) is 0 Å². The molecule has 0 fully saturated rings. The number of nitrogens with one attached hydrogen (secondary N) is 2. The minimum absolute atomic E-state index is 0.432. The topological polar surface area (TPSA) is 74.6 Å². The lowest BCUT2D eigenvalue weighted by Gasteiger charge is -2.28. The molecular formula is C13H21N3O3. The Balaban J connectivity index is 2.51. The van der Waals surface area contributed by atoms with Crippen molar-refractivity contribution in [2.45, 2.75) is 39.2 Å². The standard InChI is InChI=1S/C13H21N3O3/c1-10-5-6-11(19-10)7-8-13(2,3)15-12(18)16(9-17)14-4/h5-6,9,14H,7-8H2,1-4H3,(H,15,18). The second-order valence-corrected chi connectivity index (χ2v) is 5.03. The first-order valence-electron chi connectivity index (χ1n) is 6.17. The molecule has 2 N–H and O–H groups in total. The van der Waals surface area contributed by atoms with Crippen LogP contribution in [-0.2, 0) is 11.2 Å². The van der Waals surface area contributed by atoms with Crippen molar-refractivity contribution >= 4 is 12.4 Å². The predicted octanol–water partition coefficient (Wildman–Crippen LogP) is 1.60. The molecule has 0 aromatic carbocycles. The molecule has 1 rings (SSSR count). The molecule has 0 bridgehead atoms. The second-order valence-electron chi connectivity index (χ2n) is 5.03. The van der Waals surface area contributed by atoms with Crippen LogP contribution in [0.15, 0.2) is 16.5 Å². The van der Waals surface area contributed by atoms with Crippen molar-refractivity contribution in [1.29, 1.82) is 0 Å². The first-order valence-corrected chi connectivity index (χ1v) is 6.17. The summed E-state index contributed by atoms with van der Waals surface area (Å²) in [5.74, 6) is 1.76. The predicted molar refractivity (Wildman–Crippen MR) is 71.3 cm³/mol. The van der Waals surface area contributed by atoms with Crippen molar-refractivity contribution in [2.24, 2.45) is 0 Å². The highest BCUT2D eigenvalue weighted by molar-refractivity contribution is 5.84. The Hall–Kier alpha value is -1.82. The highest BCUT2D eigenvalue weighted by Crippen LogP contribution is 2.15. The zero-order chi connectivity index (χ0) is 14.5. The van der Waals surface area contributed by atoms with E-state index in [4.69, 9.17) is 4.42 Å². The maximum absolute atomic E-state index is 11.7. The minimum atomic E-state index is -0.474. The Morgan fingerprint density at radius 2 is 2.16 bits per heavy atom. The summed E-state index contributed by atoms with van der Waals surface area (Å²) < 4.78 is 5.48. The third-order valence-electron chi connectivity index (χ3n) is 2.80. The van der Waals surface area contributed by atoms with Crippen molar-refractivity contribution in [1.82, 2.24) is 15.8 Å². The highest BCUT2D eigenvalue weighted by Gasteiger charge is 2.23. The van der Waals surface area contributed by atoms with Crippen LogP contribution in [0.2, 0.25) is 0 Å². The number of hydrazine groups is 1. The van der Waals surface area contributed by atoms with Gasteiger partial charge in [-0.2, -0.15) is 5.01 Å². The van der Waals surface area contributed by atoms with E-state index in [1.807, 2.05) is 32.9 Å². The summed E-state index contributed by atoms with van der Waals surface area (Å²) in [7, 11) is 1.51. The van der Waals surface area contributed by atoms with E-state index in [9.17, 15) is 9.59 Å². The van der Waals surface area contributed by atoms with Gasteiger partial charge in [0, 0.05) is 19.0 Å². The SMILES string of the molecule is CNN(C=O)C(=O)NC(C)(C)CCc1ccc(C)o1. The van der Waals surface area contributed by atoms with E-state index in [1.54, 1.807) is 0 Å². The third kappa shape index (κ3) is 4.75. The molecule has 0 atom stereocenters. The monoisotopic (exact) mass is 267 g/mol. The smallest absolute Gasteiger partial charge is 0.339 e. The van der Waals surface area contributed by atoms with Gasteiger partial charge in [0.2, 0.25) is 6.41 Å². The van der Waals surface area contributed by atoms with Crippen LogP contribution in [0.4, 0.5) is 4.79 Å². The zero-order valence-corrected chi connectivity index (χ0v) is 11.8. The first kappa shape index (κ1) is 15.2. The molecule has 0 saturated carbocycles. The van der Waals surface area contributed by atoms with E-state index < -0.39 is 11.6 Å². The molecule has 1 aromatic heterocycles. The molecule has 6 heteroatoms. The van der Waals surface area contributed by atoms with E-state index in [2.05, 4.69) is 10.7 Å². The quantitative estimate of drug-likeness (QED) is 0.606. The number of hydrogen-bond donors (Lipinski definition) is 2.